The van der Waals surface area contributed by atoms with E-state index in [9.17, 15) is 4.79 Å². The zero-order chi connectivity index (χ0) is 8.39. The Labute approximate surface area is 71.7 Å². The molecular weight excluding hydrogens is 148 g/mol. The summed E-state index contributed by atoms with van der Waals surface area (Å²) >= 11 is 0. The predicted octanol–water partition coefficient (Wildman–Crippen LogP) is 2.39. The SMILES string of the molecule is O=CC1CC=Cc2ccccc21. The summed E-state index contributed by atoms with van der Waals surface area (Å²) in [5.41, 5.74) is 2.34. The molecule has 1 aromatic rings. The molecule has 0 saturated heterocycles. The highest BCUT2D eigenvalue weighted by Gasteiger charge is 2.14. The Morgan fingerprint density at radius 3 is 3.00 bits per heavy atom. The first-order chi connectivity index (χ1) is 5.92. The minimum atomic E-state index is 0.0752. The lowest BCUT2D eigenvalue weighted by atomic mass is 9.88. The van der Waals surface area contributed by atoms with Gasteiger partial charge in [-0.1, -0.05) is 36.4 Å². The predicted molar refractivity (Wildman–Crippen MR) is 48.9 cm³/mol. The summed E-state index contributed by atoms with van der Waals surface area (Å²) in [4.78, 5) is 10.7. The normalized spacial score (nSPS) is 20.2. The van der Waals surface area contributed by atoms with Crippen LogP contribution in [0.15, 0.2) is 30.3 Å². The van der Waals surface area contributed by atoms with Gasteiger partial charge in [-0.3, -0.25) is 0 Å². The first kappa shape index (κ1) is 7.29. The number of aldehydes is 1. The van der Waals surface area contributed by atoms with E-state index in [1.54, 1.807) is 0 Å². The van der Waals surface area contributed by atoms with E-state index in [4.69, 9.17) is 0 Å². The van der Waals surface area contributed by atoms with Gasteiger partial charge in [0.05, 0.1) is 0 Å². The quantitative estimate of drug-likeness (QED) is 0.573. The molecule has 12 heavy (non-hydrogen) atoms. The fourth-order valence-corrected chi connectivity index (χ4v) is 1.60. The van der Waals surface area contributed by atoms with Crippen molar-refractivity contribution in [2.45, 2.75) is 12.3 Å². The Morgan fingerprint density at radius 2 is 2.17 bits per heavy atom. The molecule has 1 heteroatoms. The molecule has 0 radical (unpaired) electrons. The Hall–Kier alpha value is -1.37. The zero-order valence-electron chi connectivity index (χ0n) is 6.73. The molecule has 0 aliphatic heterocycles. The molecule has 0 N–H and O–H groups in total. The molecule has 1 aliphatic carbocycles. The molecule has 0 fully saturated rings. The molecule has 1 aliphatic rings. The van der Waals surface area contributed by atoms with Crippen LogP contribution >= 0.6 is 0 Å². The smallest absolute Gasteiger partial charge is 0.127 e. The number of fused-ring (bicyclic) bond motifs is 1. The summed E-state index contributed by atoms with van der Waals surface area (Å²) in [6.07, 6.45) is 6.01. The Kier molecular flexibility index (Phi) is 1.78. The first-order valence-electron chi connectivity index (χ1n) is 4.12. The Morgan fingerprint density at radius 1 is 1.33 bits per heavy atom. The van der Waals surface area contributed by atoms with Gasteiger partial charge in [0, 0.05) is 5.92 Å². The number of carbonyl (C=O) groups is 1. The van der Waals surface area contributed by atoms with Crippen LogP contribution in [0, 0.1) is 0 Å². The standard InChI is InChI=1S/C11H10O/c12-8-10-6-3-5-9-4-1-2-7-11(9)10/h1-5,7-8,10H,6H2. The van der Waals surface area contributed by atoms with Crippen LogP contribution in [-0.2, 0) is 4.79 Å². The fourth-order valence-electron chi connectivity index (χ4n) is 1.60. The van der Waals surface area contributed by atoms with Crippen molar-refractivity contribution in [2.24, 2.45) is 0 Å². The van der Waals surface area contributed by atoms with Gasteiger partial charge < -0.3 is 4.79 Å². The van der Waals surface area contributed by atoms with Crippen molar-refractivity contribution in [2.75, 3.05) is 0 Å². The summed E-state index contributed by atoms with van der Waals surface area (Å²) in [5.74, 6) is 0.0752. The average molecular weight is 158 g/mol. The Bertz CT molecular complexity index is 326. The number of benzene rings is 1. The summed E-state index contributed by atoms with van der Waals surface area (Å²) in [7, 11) is 0. The van der Waals surface area contributed by atoms with Crippen LogP contribution in [0.3, 0.4) is 0 Å². The Balaban J connectivity index is 2.52. The van der Waals surface area contributed by atoms with Gasteiger partial charge in [0.1, 0.15) is 6.29 Å². The van der Waals surface area contributed by atoms with Crippen molar-refractivity contribution in [3.05, 3.63) is 41.5 Å². The van der Waals surface area contributed by atoms with Gasteiger partial charge in [-0.05, 0) is 17.5 Å². The van der Waals surface area contributed by atoms with Crippen molar-refractivity contribution in [1.29, 1.82) is 0 Å². The van der Waals surface area contributed by atoms with Crippen LogP contribution in [0.4, 0.5) is 0 Å². The van der Waals surface area contributed by atoms with Gasteiger partial charge in [-0.25, -0.2) is 0 Å². The van der Waals surface area contributed by atoms with Gasteiger partial charge in [-0.2, -0.15) is 0 Å². The van der Waals surface area contributed by atoms with Crippen LogP contribution in [-0.4, -0.2) is 6.29 Å². The maximum absolute atomic E-state index is 10.7. The molecule has 1 aromatic carbocycles. The largest absolute Gasteiger partial charge is 0.303 e. The number of allylic oxidation sites excluding steroid dienone is 1. The second-order valence-corrected chi connectivity index (χ2v) is 3.01. The van der Waals surface area contributed by atoms with E-state index < -0.39 is 0 Å². The molecule has 60 valence electrons. The van der Waals surface area contributed by atoms with E-state index in [0.29, 0.717) is 0 Å². The zero-order valence-corrected chi connectivity index (χ0v) is 6.73. The maximum atomic E-state index is 10.7. The molecule has 0 bridgehead atoms. The molecule has 1 atom stereocenters. The van der Waals surface area contributed by atoms with E-state index in [1.807, 2.05) is 24.3 Å². The van der Waals surface area contributed by atoms with Crippen LogP contribution in [0.25, 0.3) is 6.08 Å². The van der Waals surface area contributed by atoms with Gasteiger partial charge in [-0.15, -0.1) is 0 Å². The molecule has 0 saturated carbocycles. The maximum Gasteiger partial charge on any atom is 0.127 e. The second-order valence-electron chi connectivity index (χ2n) is 3.01. The molecule has 0 amide bonds. The fraction of sp³-hybridized carbons (Fsp3) is 0.182. The summed E-state index contributed by atoms with van der Waals surface area (Å²) in [6, 6.07) is 8.05. The van der Waals surface area contributed by atoms with Crippen molar-refractivity contribution >= 4 is 12.4 Å². The van der Waals surface area contributed by atoms with Crippen molar-refractivity contribution in [3.8, 4) is 0 Å². The first-order valence-corrected chi connectivity index (χ1v) is 4.12. The molecular formula is C11H10O. The second kappa shape index (κ2) is 2.94. The lowest BCUT2D eigenvalue weighted by Gasteiger charge is -2.15. The van der Waals surface area contributed by atoms with E-state index >= 15 is 0 Å². The molecule has 0 aromatic heterocycles. The van der Waals surface area contributed by atoms with Crippen molar-refractivity contribution < 1.29 is 4.79 Å². The lowest BCUT2D eigenvalue weighted by molar-refractivity contribution is -0.109. The third-order valence-electron chi connectivity index (χ3n) is 2.25. The van der Waals surface area contributed by atoms with Gasteiger partial charge in [0.2, 0.25) is 0 Å². The number of rotatable bonds is 1. The van der Waals surface area contributed by atoms with Crippen molar-refractivity contribution in [1.82, 2.24) is 0 Å². The van der Waals surface area contributed by atoms with E-state index in [2.05, 4.69) is 12.2 Å². The molecule has 0 heterocycles. The van der Waals surface area contributed by atoms with Gasteiger partial charge in [0.15, 0.2) is 0 Å². The van der Waals surface area contributed by atoms with Gasteiger partial charge in [0.25, 0.3) is 0 Å². The number of hydrogen-bond donors (Lipinski definition) is 0. The van der Waals surface area contributed by atoms with E-state index in [0.717, 1.165) is 18.3 Å². The summed E-state index contributed by atoms with van der Waals surface area (Å²) in [5, 5.41) is 0. The number of carbonyl (C=O) groups excluding carboxylic acids is 1. The monoisotopic (exact) mass is 158 g/mol. The highest BCUT2D eigenvalue weighted by Crippen LogP contribution is 2.27. The van der Waals surface area contributed by atoms with Gasteiger partial charge >= 0.3 is 0 Å². The molecule has 2 rings (SSSR count). The van der Waals surface area contributed by atoms with Crippen LogP contribution < -0.4 is 0 Å². The third kappa shape index (κ3) is 1.07. The summed E-state index contributed by atoms with van der Waals surface area (Å²) in [6.45, 7) is 0. The highest BCUT2D eigenvalue weighted by atomic mass is 16.1. The minimum Gasteiger partial charge on any atom is -0.303 e. The number of hydrogen-bond acceptors (Lipinski definition) is 1. The molecule has 1 nitrogen and oxygen atoms in total. The van der Waals surface area contributed by atoms with Crippen LogP contribution in [0.2, 0.25) is 0 Å². The lowest BCUT2D eigenvalue weighted by Crippen LogP contribution is -2.04. The average Bonchev–Trinajstić information content (AvgIpc) is 2.17. The van der Waals surface area contributed by atoms with E-state index in [-0.39, 0.29) is 5.92 Å². The van der Waals surface area contributed by atoms with Crippen LogP contribution in [0.1, 0.15) is 23.5 Å². The highest BCUT2D eigenvalue weighted by molar-refractivity contribution is 5.70. The summed E-state index contributed by atoms with van der Waals surface area (Å²) < 4.78 is 0. The van der Waals surface area contributed by atoms with Crippen molar-refractivity contribution in [3.63, 3.8) is 0 Å². The minimum absolute atomic E-state index is 0.0752. The van der Waals surface area contributed by atoms with Crippen LogP contribution in [0.5, 0.6) is 0 Å². The molecule has 0 spiro atoms. The topological polar surface area (TPSA) is 17.1 Å². The van der Waals surface area contributed by atoms with E-state index in [1.165, 1.54) is 5.56 Å². The molecule has 1 unspecified atom stereocenters. The third-order valence-corrected chi connectivity index (χ3v) is 2.25.